The SMILES string of the molecule is CC(=O)c1c(C)[nH]c(C(=O)N(C)CCC(F)(F)F)c1C. The molecule has 0 bridgehead atoms. The number of carbonyl (C=O) groups excluding carboxylic acids is 2. The fourth-order valence-corrected chi connectivity index (χ4v) is 2.08. The lowest BCUT2D eigenvalue weighted by atomic mass is 10.1. The van der Waals surface area contributed by atoms with Crippen LogP contribution in [-0.4, -0.2) is 41.3 Å². The summed E-state index contributed by atoms with van der Waals surface area (Å²) in [5.41, 5.74) is 1.59. The molecule has 0 aliphatic rings. The third-order valence-corrected chi connectivity index (χ3v) is 3.08. The molecule has 4 nitrogen and oxygen atoms in total. The highest BCUT2D eigenvalue weighted by Crippen LogP contribution is 2.22. The van der Waals surface area contributed by atoms with Crippen LogP contribution in [0.4, 0.5) is 13.2 Å². The summed E-state index contributed by atoms with van der Waals surface area (Å²) in [7, 11) is 1.30. The zero-order chi connectivity index (χ0) is 15.7. The number of aromatic amines is 1. The number of amides is 1. The minimum absolute atomic E-state index is 0.164. The van der Waals surface area contributed by atoms with E-state index in [1.165, 1.54) is 14.0 Å². The summed E-state index contributed by atoms with van der Waals surface area (Å²) in [6.45, 7) is 4.21. The van der Waals surface area contributed by atoms with Gasteiger partial charge in [0.2, 0.25) is 0 Å². The van der Waals surface area contributed by atoms with E-state index in [-0.39, 0.29) is 11.5 Å². The van der Waals surface area contributed by atoms with E-state index in [9.17, 15) is 22.8 Å². The Balaban J connectivity index is 2.93. The number of halogens is 3. The lowest BCUT2D eigenvalue weighted by Gasteiger charge is -2.18. The highest BCUT2D eigenvalue weighted by molar-refractivity contribution is 6.02. The van der Waals surface area contributed by atoms with E-state index in [1.54, 1.807) is 13.8 Å². The summed E-state index contributed by atoms with van der Waals surface area (Å²) >= 11 is 0. The monoisotopic (exact) mass is 290 g/mol. The van der Waals surface area contributed by atoms with E-state index in [0.29, 0.717) is 16.8 Å². The van der Waals surface area contributed by atoms with Gasteiger partial charge in [-0.05, 0) is 26.3 Å². The van der Waals surface area contributed by atoms with Crippen molar-refractivity contribution in [2.45, 2.75) is 33.4 Å². The summed E-state index contributed by atoms with van der Waals surface area (Å²) in [6.07, 6.45) is -5.37. The molecule has 0 saturated carbocycles. The van der Waals surface area contributed by atoms with Crippen molar-refractivity contribution in [1.82, 2.24) is 9.88 Å². The number of Topliss-reactive ketones (excluding diaryl/α,β-unsaturated/α-hetero) is 1. The molecule has 1 N–H and O–H groups in total. The molecule has 112 valence electrons. The summed E-state index contributed by atoms with van der Waals surface area (Å²) in [5, 5.41) is 0. The third-order valence-electron chi connectivity index (χ3n) is 3.08. The van der Waals surface area contributed by atoms with Crippen LogP contribution < -0.4 is 0 Å². The van der Waals surface area contributed by atoms with Crippen molar-refractivity contribution in [2.24, 2.45) is 0 Å². The van der Waals surface area contributed by atoms with Crippen molar-refractivity contribution in [3.8, 4) is 0 Å². The van der Waals surface area contributed by atoms with Crippen LogP contribution in [0, 0.1) is 13.8 Å². The number of carbonyl (C=O) groups is 2. The molecule has 7 heteroatoms. The Bertz CT molecular complexity index is 532. The van der Waals surface area contributed by atoms with Crippen LogP contribution in [0.5, 0.6) is 0 Å². The molecule has 1 amide bonds. The average Bonchev–Trinajstić information content (AvgIpc) is 2.59. The average molecular weight is 290 g/mol. The van der Waals surface area contributed by atoms with Crippen molar-refractivity contribution in [2.75, 3.05) is 13.6 Å². The molecule has 0 spiro atoms. The number of hydrogen-bond donors (Lipinski definition) is 1. The highest BCUT2D eigenvalue weighted by Gasteiger charge is 2.29. The van der Waals surface area contributed by atoms with Gasteiger partial charge in [0.1, 0.15) is 5.69 Å². The molecule has 1 rings (SSSR count). The minimum atomic E-state index is -4.31. The molecule has 0 radical (unpaired) electrons. The van der Waals surface area contributed by atoms with Crippen LogP contribution in [0.25, 0.3) is 0 Å². The second-order valence-corrected chi connectivity index (χ2v) is 4.77. The first-order valence-electron chi connectivity index (χ1n) is 6.07. The number of H-pyrrole nitrogens is 1. The Hall–Kier alpha value is -1.79. The van der Waals surface area contributed by atoms with Crippen LogP contribution in [0.15, 0.2) is 0 Å². The Morgan fingerprint density at radius 1 is 1.25 bits per heavy atom. The van der Waals surface area contributed by atoms with E-state index >= 15 is 0 Å². The summed E-state index contributed by atoms with van der Waals surface area (Å²) in [6, 6.07) is 0. The maximum atomic E-state index is 12.1. The van der Waals surface area contributed by atoms with Gasteiger partial charge < -0.3 is 9.88 Å². The molecule has 20 heavy (non-hydrogen) atoms. The molecule has 0 fully saturated rings. The van der Waals surface area contributed by atoms with E-state index in [2.05, 4.69) is 4.98 Å². The van der Waals surface area contributed by atoms with Gasteiger partial charge in [-0.15, -0.1) is 0 Å². The molecule has 0 aliphatic heterocycles. The number of ketones is 1. The normalized spacial score (nSPS) is 11.6. The Kier molecular flexibility index (Phi) is 4.62. The number of rotatable bonds is 4. The lowest BCUT2D eigenvalue weighted by Crippen LogP contribution is -2.31. The number of alkyl halides is 3. The van der Waals surface area contributed by atoms with E-state index < -0.39 is 25.0 Å². The molecule has 0 saturated heterocycles. The topological polar surface area (TPSA) is 53.2 Å². The maximum absolute atomic E-state index is 12.1. The van der Waals surface area contributed by atoms with Gasteiger partial charge in [0.05, 0.1) is 6.42 Å². The standard InChI is InChI=1S/C13H17F3N2O2/c1-7-10(9(3)19)8(2)17-11(7)12(20)18(4)6-5-13(14,15)16/h17H,5-6H2,1-4H3. The van der Waals surface area contributed by atoms with Gasteiger partial charge in [-0.2, -0.15) is 13.2 Å². The predicted octanol–water partition coefficient (Wildman–Crippen LogP) is 2.86. The summed E-state index contributed by atoms with van der Waals surface area (Å²) < 4.78 is 36.4. The first-order chi connectivity index (χ1) is 9.04. The summed E-state index contributed by atoms with van der Waals surface area (Å²) in [4.78, 5) is 27.3. The smallest absolute Gasteiger partial charge is 0.354 e. The zero-order valence-corrected chi connectivity index (χ0v) is 11.8. The Labute approximate surface area is 115 Å². The quantitative estimate of drug-likeness (QED) is 0.867. The Morgan fingerprint density at radius 2 is 1.80 bits per heavy atom. The van der Waals surface area contributed by atoms with Crippen LogP contribution in [0.2, 0.25) is 0 Å². The first kappa shape index (κ1) is 16.3. The predicted molar refractivity (Wildman–Crippen MR) is 67.9 cm³/mol. The molecule has 0 aromatic carbocycles. The van der Waals surface area contributed by atoms with Crippen LogP contribution in [0.3, 0.4) is 0 Å². The largest absolute Gasteiger partial charge is 0.390 e. The van der Waals surface area contributed by atoms with Gasteiger partial charge in [-0.1, -0.05) is 0 Å². The second-order valence-electron chi connectivity index (χ2n) is 4.77. The van der Waals surface area contributed by atoms with Crippen molar-refractivity contribution in [3.63, 3.8) is 0 Å². The van der Waals surface area contributed by atoms with Crippen LogP contribution in [0.1, 0.15) is 45.4 Å². The summed E-state index contributed by atoms with van der Waals surface area (Å²) in [5.74, 6) is -0.740. The van der Waals surface area contributed by atoms with E-state index in [0.717, 1.165) is 4.90 Å². The van der Waals surface area contributed by atoms with Crippen LogP contribution in [-0.2, 0) is 0 Å². The number of aromatic nitrogens is 1. The molecule has 0 atom stereocenters. The fraction of sp³-hybridized carbons (Fsp3) is 0.538. The molecule has 0 aliphatic carbocycles. The molecule has 1 aromatic rings. The maximum Gasteiger partial charge on any atom is 0.390 e. The zero-order valence-electron chi connectivity index (χ0n) is 11.8. The van der Waals surface area contributed by atoms with E-state index in [4.69, 9.17) is 0 Å². The van der Waals surface area contributed by atoms with Crippen molar-refractivity contribution in [3.05, 3.63) is 22.5 Å². The lowest BCUT2D eigenvalue weighted by molar-refractivity contribution is -0.136. The van der Waals surface area contributed by atoms with Crippen LogP contribution >= 0.6 is 0 Å². The van der Waals surface area contributed by atoms with E-state index in [1.807, 2.05) is 0 Å². The third kappa shape index (κ3) is 3.61. The van der Waals surface area contributed by atoms with Gasteiger partial charge in [0.15, 0.2) is 5.78 Å². The van der Waals surface area contributed by atoms with Gasteiger partial charge >= 0.3 is 6.18 Å². The Morgan fingerprint density at radius 3 is 2.20 bits per heavy atom. The van der Waals surface area contributed by atoms with Crippen molar-refractivity contribution < 1.29 is 22.8 Å². The van der Waals surface area contributed by atoms with Gasteiger partial charge in [-0.3, -0.25) is 9.59 Å². The van der Waals surface area contributed by atoms with Gasteiger partial charge in [0.25, 0.3) is 5.91 Å². The highest BCUT2D eigenvalue weighted by atomic mass is 19.4. The molecular weight excluding hydrogens is 273 g/mol. The number of nitrogens with zero attached hydrogens (tertiary/aromatic N) is 1. The number of aryl methyl sites for hydroxylation is 1. The number of nitrogens with one attached hydrogen (secondary N) is 1. The van der Waals surface area contributed by atoms with Gasteiger partial charge in [-0.25, -0.2) is 0 Å². The van der Waals surface area contributed by atoms with Crippen molar-refractivity contribution >= 4 is 11.7 Å². The van der Waals surface area contributed by atoms with Gasteiger partial charge in [0, 0.05) is 24.8 Å². The van der Waals surface area contributed by atoms with Crippen molar-refractivity contribution in [1.29, 1.82) is 0 Å². The molecule has 1 heterocycles. The molecular formula is C13H17F3N2O2. The fourth-order valence-electron chi connectivity index (χ4n) is 2.08. The molecule has 1 aromatic heterocycles. The first-order valence-corrected chi connectivity index (χ1v) is 6.07. The molecule has 0 unspecified atom stereocenters. The minimum Gasteiger partial charge on any atom is -0.354 e. The second kappa shape index (κ2) is 5.68. The number of hydrogen-bond acceptors (Lipinski definition) is 2.